The zero-order valence-electron chi connectivity index (χ0n) is 20.2. The molecule has 2 aromatic rings. The molecule has 2 aliphatic rings. The first kappa shape index (κ1) is 24.7. The van der Waals surface area contributed by atoms with Crippen LogP contribution >= 0.6 is 11.8 Å². The van der Waals surface area contributed by atoms with Gasteiger partial charge in [-0.1, -0.05) is 68.1 Å². The lowest BCUT2D eigenvalue weighted by Gasteiger charge is -2.40. The number of rotatable bonds is 7. The normalized spacial score (nSPS) is 21.0. The molecule has 0 aromatic heterocycles. The first-order valence-electron chi connectivity index (χ1n) is 11.6. The number of hydrogen-bond acceptors (Lipinski definition) is 6. The van der Waals surface area contributed by atoms with Crippen molar-refractivity contribution in [1.82, 2.24) is 5.32 Å². The molecule has 1 N–H and O–H groups in total. The maximum atomic E-state index is 13.3. The number of Topliss-reactive ketones (excluding diaryl/α,β-unsaturated/α-hetero) is 1. The molecule has 1 heterocycles. The lowest BCUT2D eigenvalue weighted by atomic mass is 9.64. The van der Waals surface area contributed by atoms with Crippen LogP contribution in [0.25, 0.3) is 0 Å². The zero-order valence-corrected chi connectivity index (χ0v) is 21.0. The molecule has 1 aliphatic carbocycles. The van der Waals surface area contributed by atoms with Gasteiger partial charge in [-0.15, -0.1) is 0 Å². The predicted octanol–water partition coefficient (Wildman–Crippen LogP) is 5.02. The van der Waals surface area contributed by atoms with Crippen molar-refractivity contribution in [1.29, 1.82) is 5.26 Å². The second kappa shape index (κ2) is 10.5. The number of benzene rings is 2. The second-order valence-corrected chi connectivity index (χ2v) is 10.7. The van der Waals surface area contributed by atoms with Gasteiger partial charge in [0.05, 0.1) is 30.4 Å². The number of methoxy groups -OCH3 is 1. The van der Waals surface area contributed by atoms with E-state index in [1.807, 2.05) is 54.6 Å². The average molecular weight is 488 g/mol. The van der Waals surface area contributed by atoms with Gasteiger partial charge in [0.15, 0.2) is 0 Å². The van der Waals surface area contributed by atoms with Crippen molar-refractivity contribution in [3.05, 3.63) is 76.3 Å². The van der Waals surface area contributed by atoms with E-state index >= 15 is 0 Å². The molecule has 0 saturated heterocycles. The Morgan fingerprint density at radius 1 is 1.14 bits per heavy atom. The Bertz CT molecular complexity index is 1210. The highest BCUT2D eigenvalue weighted by molar-refractivity contribution is 8.03. The maximum absolute atomic E-state index is 13.3. The molecule has 7 heteroatoms. The number of hydrogen-bond donors (Lipinski definition) is 1. The molecule has 1 unspecified atom stereocenters. The first-order chi connectivity index (χ1) is 16.8. The Morgan fingerprint density at radius 2 is 1.86 bits per heavy atom. The van der Waals surface area contributed by atoms with Gasteiger partial charge < -0.3 is 10.1 Å². The highest BCUT2D eigenvalue weighted by atomic mass is 32.2. The molecule has 1 saturated carbocycles. The van der Waals surface area contributed by atoms with Crippen LogP contribution in [0, 0.1) is 22.7 Å². The van der Waals surface area contributed by atoms with E-state index in [2.05, 4.69) is 25.2 Å². The Morgan fingerprint density at radius 3 is 2.51 bits per heavy atom. The molecule has 0 spiro atoms. The topological polar surface area (TPSA) is 91.5 Å². The summed E-state index contributed by atoms with van der Waals surface area (Å²) >= 11 is 1.26. The predicted molar refractivity (Wildman–Crippen MR) is 138 cm³/mol. The van der Waals surface area contributed by atoms with Crippen molar-refractivity contribution in [2.45, 2.75) is 39.2 Å². The van der Waals surface area contributed by atoms with E-state index in [1.165, 1.54) is 11.8 Å². The summed E-state index contributed by atoms with van der Waals surface area (Å²) in [5, 5.41) is 13.6. The van der Waals surface area contributed by atoms with E-state index < -0.39 is 11.8 Å². The lowest BCUT2D eigenvalue weighted by Crippen LogP contribution is -2.43. The fourth-order valence-electron chi connectivity index (χ4n) is 4.79. The molecule has 1 fully saturated rings. The van der Waals surface area contributed by atoms with Gasteiger partial charge in [-0.3, -0.25) is 9.59 Å². The van der Waals surface area contributed by atoms with Crippen molar-refractivity contribution in [2.75, 3.05) is 12.9 Å². The van der Waals surface area contributed by atoms with E-state index in [0.717, 1.165) is 16.8 Å². The summed E-state index contributed by atoms with van der Waals surface area (Å²) in [7, 11) is 1.60. The number of amides is 1. The molecule has 4 rings (SSSR count). The van der Waals surface area contributed by atoms with Crippen molar-refractivity contribution < 1.29 is 14.3 Å². The van der Waals surface area contributed by atoms with E-state index in [4.69, 9.17) is 9.73 Å². The number of thioether (sulfide) groups is 1. The summed E-state index contributed by atoms with van der Waals surface area (Å²) in [6.45, 7) is 4.58. The molecule has 6 nitrogen and oxygen atoms in total. The summed E-state index contributed by atoms with van der Waals surface area (Å²) in [6.07, 6.45) is 1.13. The summed E-state index contributed by atoms with van der Waals surface area (Å²) in [5.41, 5.74) is 2.95. The average Bonchev–Trinajstić information content (AvgIpc) is 2.85. The van der Waals surface area contributed by atoms with Crippen LogP contribution in [0.3, 0.4) is 0 Å². The highest BCUT2D eigenvalue weighted by Crippen LogP contribution is 2.48. The smallest absolute Gasteiger partial charge is 0.230 e. The van der Waals surface area contributed by atoms with Crippen LogP contribution in [0.4, 0.5) is 0 Å². The van der Waals surface area contributed by atoms with Gasteiger partial charge in [0, 0.05) is 24.6 Å². The minimum absolute atomic E-state index is 0.109. The van der Waals surface area contributed by atoms with Crippen LogP contribution in [0.1, 0.15) is 43.7 Å². The number of carbonyl (C=O) groups is 2. The Labute approximate surface area is 210 Å². The quantitative estimate of drug-likeness (QED) is 0.592. The number of ketones is 1. The van der Waals surface area contributed by atoms with Crippen molar-refractivity contribution in [3.63, 3.8) is 0 Å². The number of aliphatic imine (C=N–C) groups is 1. The van der Waals surface area contributed by atoms with Gasteiger partial charge in [-0.05, 0) is 35.1 Å². The number of ether oxygens (including phenoxy) is 1. The minimum atomic E-state index is -0.456. The summed E-state index contributed by atoms with van der Waals surface area (Å²) < 4.78 is 5.29. The lowest BCUT2D eigenvalue weighted by molar-refractivity contribution is -0.124. The second-order valence-electron chi connectivity index (χ2n) is 9.70. The van der Waals surface area contributed by atoms with Crippen molar-refractivity contribution >= 4 is 29.2 Å². The maximum Gasteiger partial charge on any atom is 0.230 e. The first-order valence-corrected chi connectivity index (χ1v) is 12.6. The van der Waals surface area contributed by atoms with Gasteiger partial charge in [0.2, 0.25) is 5.91 Å². The van der Waals surface area contributed by atoms with Crippen LogP contribution in [0.2, 0.25) is 0 Å². The minimum Gasteiger partial charge on any atom is -0.497 e. The number of allylic oxidation sites excluding steroid dienone is 1. The summed E-state index contributed by atoms with van der Waals surface area (Å²) in [6, 6.07) is 19.5. The van der Waals surface area contributed by atoms with Gasteiger partial charge in [-0.25, -0.2) is 4.99 Å². The molecule has 1 amide bonds. The van der Waals surface area contributed by atoms with Gasteiger partial charge in [0.25, 0.3) is 0 Å². The number of carbonyl (C=O) groups excluding carboxylic acids is 2. The Hall–Kier alpha value is -3.37. The molecule has 35 heavy (non-hydrogen) atoms. The summed E-state index contributed by atoms with van der Waals surface area (Å²) in [5.74, 6) is -0.0484. The third-order valence-electron chi connectivity index (χ3n) is 6.41. The molecule has 1 aliphatic heterocycles. The Kier molecular flexibility index (Phi) is 7.42. The van der Waals surface area contributed by atoms with Crippen LogP contribution in [0.15, 0.2) is 70.2 Å². The van der Waals surface area contributed by atoms with Crippen LogP contribution < -0.4 is 10.1 Å². The van der Waals surface area contributed by atoms with Crippen LogP contribution in [0.5, 0.6) is 5.75 Å². The number of nitrogens with one attached hydrogen (secondary N) is 1. The molecular weight excluding hydrogens is 458 g/mol. The van der Waals surface area contributed by atoms with E-state index in [-0.39, 0.29) is 22.9 Å². The SMILES string of the molecule is COc1ccc([C@H]2C(C#N)=C(SCC(=O)NCc3ccccc3)N=C3CC(C)(C)CC(=O)C32)cc1. The number of fused-ring (bicyclic) bond motifs is 1. The largest absolute Gasteiger partial charge is 0.497 e. The van der Waals surface area contributed by atoms with Crippen LogP contribution in [-0.4, -0.2) is 30.3 Å². The molecular formula is C28H29N3O3S. The molecule has 0 bridgehead atoms. The van der Waals surface area contributed by atoms with Crippen molar-refractivity contribution in [2.24, 2.45) is 16.3 Å². The molecule has 2 atom stereocenters. The van der Waals surface area contributed by atoms with E-state index in [9.17, 15) is 14.9 Å². The van der Waals surface area contributed by atoms with Crippen molar-refractivity contribution in [3.8, 4) is 11.8 Å². The Balaban J connectivity index is 1.61. The molecule has 0 radical (unpaired) electrons. The summed E-state index contributed by atoms with van der Waals surface area (Å²) in [4.78, 5) is 30.7. The monoisotopic (exact) mass is 487 g/mol. The standard InChI is InChI=1S/C28H29N3O3S/c1-28(2)13-22-26(23(32)14-28)25(19-9-11-20(34-3)12-10-19)21(15-29)27(31-22)35-17-24(33)30-16-18-7-5-4-6-8-18/h4-12,25-26H,13-14,16-17H2,1-3H3,(H,30,33)/t25-,26?/m0/s1. The van der Waals surface area contributed by atoms with Crippen LogP contribution in [-0.2, 0) is 16.1 Å². The third-order valence-corrected chi connectivity index (χ3v) is 7.40. The molecule has 180 valence electrons. The zero-order chi connectivity index (χ0) is 25.0. The number of nitrogens with zero attached hydrogens (tertiary/aromatic N) is 2. The van der Waals surface area contributed by atoms with E-state index in [1.54, 1.807) is 7.11 Å². The van der Waals surface area contributed by atoms with Gasteiger partial charge in [-0.2, -0.15) is 5.26 Å². The molecule has 2 aromatic carbocycles. The number of nitriles is 1. The highest BCUT2D eigenvalue weighted by Gasteiger charge is 2.46. The fraction of sp³-hybridized carbons (Fsp3) is 0.357. The van der Waals surface area contributed by atoms with Gasteiger partial charge >= 0.3 is 0 Å². The van der Waals surface area contributed by atoms with E-state index in [0.29, 0.717) is 35.7 Å². The fourth-order valence-corrected chi connectivity index (χ4v) is 5.67. The third kappa shape index (κ3) is 5.66. The van der Waals surface area contributed by atoms with Gasteiger partial charge in [0.1, 0.15) is 16.6 Å².